The van der Waals surface area contributed by atoms with Crippen LogP contribution >= 0.6 is 12.2 Å². The molecule has 5 heteroatoms. The van der Waals surface area contributed by atoms with Crippen LogP contribution in [0.25, 0.3) is 11.3 Å². The van der Waals surface area contributed by atoms with Gasteiger partial charge in [0.2, 0.25) is 0 Å². The zero-order valence-corrected chi connectivity index (χ0v) is 9.24. The standard InChI is InChI=1S/C11H8F2N2S/c1-6-2-3-7(4-8(6)12)10-9(13)11(16)15-5-14-10/h2-5H,1H3,(H,14,15,16). The van der Waals surface area contributed by atoms with E-state index >= 15 is 0 Å². The zero-order chi connectivity index (χ0) is 11.7. The topological polar surface area (TPSA) is 28.7 Å². The average molecular weight is 238 g/mol. The highest BCUT2D eigenvalue weighted by atomic mass is 32.1. The van der Waals surface area contributed by atoms with E-state index in [1.807, 2.05) is 0 Å². The maximum Gasteiger partial charge on any atom is 0.183 e. The van der Waals surface area contributed by atoms with Crippen LogP contribution in [-0.2, 0) is 0 Å². The van der Waals surface area contributed by atoms with E-state index in [1.54, 1.807) is 19.1 Å². The van der Waals surface area contributed by atoms with E-state index in [4.69, 9.17) is 12.2 Å². The summed E-state index contributed by atoms with van der Waals surface area (Å²) < 4.78 is 26.8. The number of nitrogens with one attached hydrogen (secondary N) is 1. The van der Waals surface area contributed by atoms with Gasteiger partial charge in [-0.25, -0.2) is 13.8 Å². The molecule has 0 bridgehead atoms. The SMILES string of the molecule is Cc1ccc(-c2[nH]cnc(=S)c2F)cc1F. The second-order valence-electron chi connectivity index (χ2n) is 3.36. The first-order valence-electron chi connectivity index (χ1n) is 4.59. The molecule has 0 saturated heterocycles. The van der Waals surface area contributed by atoms with Gasteiger partial charge in [0, 0.05) is 5.56 Å². The van der Waals surface area contributed by atoms with Gasteiger partial charge in [0.25, 0.3) is 0 Å². The molecule has 0 atom stereocenters. The van der Waals surface area contributed by atoms with Gasteiger partial charge in [-0.2, -0.15) is 0 Å². The van der Waals surface area contributed by atoms with Crippen LogP contribution in [0.1, 0.15) is 5.56 Å². The average Bonchev–Trinajstić information content (AvgIpc) is 2.26. The molecule has 0 spiro atoms. The van der Waals surface area contributed by atoms with Crippen molar-refractivity contribution >= 4 is 12.2 Å². The number of hydrogen-bond donors (Lipinski definition) is 1. The number of aromatic nitrogens is 2. The van der Waals surface area contributed by atoms with Crippen LogP contribution in [0, 0.1) is 23.2 Å². The fraction of sp³-hybridized carbons (Fsp3) is 0.0909. The molecule has 0 aliphatic carbocycles. The number of aryl methyl sites for hydroxylation is 1. The monoisotopic (exact) mass is 238 g/mol. The molecule has 0 saturated carbocycles. The molecule has 0 aliphatic rings. The van der Waals surface area contributed by atoms with Crippen molar-refractivity contribution in [3.8, 4) is 11.3 Å². The third-order valence-corrected chi connectivity index (χ3v) is 2.54. The van der Waals surface area contributed by atoms with Crippen molar-refractivity contribution in [1.29, 1.82) is 0 Å². The lowest BCUT2D eigenvalue weighted by atomic mass is 10.1. The van der Waals surface area contributed by atoms with Gasteiger partial charge in [-0.1, -0.05) is 24.4 Å². The Kier molecular flexibility index (Phi) is 2.78. The van der Waals surface area contributed by atoms with Crippen LogP contribution in [0.4, 0.5) is 8.78 Å². The molecule has 2 nitrogen and oxygen atoms in total. The lowest BCUT2D eigenvalue weighted by molar-refractivity contribution is 0.609. The Balaban J connectivity index is 2.63. The molecule has 0 aliphatic heterocycles. The van der Waals surface area contributed by atoms with Gasteiger partial charge < -0.3 is 4.98 Å². The summed E-state index contributed by atoms with van der Waals surface area (Å²) in [6.45, 7) is 1.64. The predicted molar refractivity (Wildman–Crippen MR) is 59.5 cm³/mol. The molecule has 82 valence electrons. The Bertz CT molecular complexity index is 593. The number of hydrogen-bond acceptors (Lipinski definition) is 2. The minimum absolute atomic E-state index is 0.130. The summed E-state index contributed by atoms with van der Waals surface area (Å²) in [5.74, 6) is -1.02. The van der Waals surface area contributed by atoms with Crippen molar-refractivity contribution in [3.05, 3.63) is 46.4 Å². The van der Waals surface area contributed by atoms with Crippen molar-refractivity contribution in [2.45, 2.75) is 6.92 Å². The molecule has 1 heterocycles. The summed E-state index contributed by atoms with van der Waals surface area (Å²) in [7, 11) is 0. The Morgan fingerprint density at radius 3 is 2.75 bits per heavy atom. The van der Waals surface area contributed by atoms with E-state index in [0.29, 0.717) is 11.1 Å². The number of benzene rings is 1. The van der Waals surface area contributed by atoms with Crippen LogP contribution in [0.2, 0.25) is 0 Å². The van der Waals surface area contributed by atoms with Crippen molar-refractivity contribution in [3.63, 3.8) is 0 Å². The summed E-state index contributed by atoms with van der Waals surface area (Å²) in [5, 5.41) is 0. The minimum Gasteiger partial charge on any atom is -0.343 e. The number of H-pyrrole nitrogens is 1. The van der Waals surface area contributed by atoms with Gasteiger partial charge >= 0.3 is 0 Å². The van der Waals surface area contributed by atoms with Crippen molar-refractivity contribution in [2.75, 3.05) is 0 Å². The molecule has 1 aromatic carbocycles. The minimum atomic E-state index is -0.638. The van der Waals surface area contributed by atoms with Crippen LogP contribution in [-0.4, -0.2) is 9.97 Å². The highest BCUT2D eigenvalue weighted by molar-refractivity contribution is 7.71. The van der Waals surface area contributed by atoms with Gasteiger partial charge in [0.05, 0.1) is 12.0 Å². The smallest absolute Gasteiger partial charge is 0.183 e. The third-order valence-electron chi connectivity index (χ3n) is 2.26. The quantitative estimate of drug-likeness (QED) is 0.771. The fourth-order valence-electron chi connectivity index (χ4n) is 1.34. The van der Waals surface area contributed by atoms with Crippen LogP contribution in [0.3, 0.4) is 0 Å². The van der Waals surface area contributed by atoms with E-state index in [-0.39, 0.29) is 16.2 Å². The Labute approximate surface area is 96.0 Å². The van der Waals surface area contributed by atoms with E-state index < -0.39 is 5.82 Å². The van der Waals surface area contributed by atoms with Crippen LogP contribution < -0.4 is 0 Å². The highest BCUT2D eigenvalue weighted by Crippen LogP contribution is 2.22. The van der Waals surface area contributed by atoms with Crippen LogP contribution in [0.5, 0.6) is 0 Å². The molecule has 0 unspecified atom stereocenters. The Morgan fingerprint density at radius 1 is 1.31 bits per heavy atom. The van der Waals surface area contributed by atoms with E-state index in [2.05, 4.69) is 9.97 Å². The lowest BCUT2D eigenvalue weighted by Gasteiger charge is -2.04. The fourth-order valence-corrected chi connectivity index (χ4v) is 1.50. The second-order valence-corrected chi connectivity index (χ2v) is 3.75. The molecule has 0 fully saturated rings. The number of halogens is 2. The van der Waals surface area contributed by atoms with E-state index in [1.165, 1.54) is 12.4 Å². The molecule has 2 rings (SSSR count). The van der Waals surface area contributed by atoms with Crippen molar-refractivity contribution < 1.29 is 8.78 Å². The van der Waals surface area contributed by atoms with E-state index in [9.17, 15) is 8.78 Å². The highest BCUT2D eigenvalue weighted by Gasteiger charge is 2.09. The van der Waals surface area contributed by atoms with Gasteiger partial charge in [-0.3, -0.25) is 0 Å². The summed E-state index contributed by atoms with van der Waals surface area (Å²) >= 11 is 4.70. The zero-order valence-electron chi connectivity index (χ0n) is 8.42. The summed E-state index contributed by atoms with van der Waals surface area (Å²) in [6.07, 6.45) is 1.29. The first-order valence-corrected chi connectivity index (χ1v) is 5.00. The molecule has 0 radical (unpaired) electrons. The Morgan fingerprint density at radius 2 is 2.06 bits per heavy atom. The molecule has 1 N–H and O–H groups in total. The first-order chi connectivity index (χ1) is 7.59. The number of nitrogens with zero attached hydrogens (tertiary/aromatic N) is 1. The molecule has 2 aromatic rings. The summed E-state index contributed by atoms with van der Waals surface area (Å²) in [6, 6.07) is 4.47. The van der Waals surface area contributed by atoms with Gasteiger partial charge in [-0.05, 0) is 18.6 Å². The van der Waals surface area contributed by atoms with Crippen LogP contribution in [0.15, 0.2) is 24.5 Å². The van der Waals surface area contributed by atoms with Crippen molar-refractivity contribution in [1.82, 2.24) is 9.97 Å². The number of rotatable bonds is 1. The second kappa shape index (κ2) is 4.09. The molecule has 1 aromatic heterocycles. The lowest BCUT2D eigenvalue weighted by Crippen LogP contribution is -1.93. The molecule has 0 amide bonds. The summed E-state index contributed by atoms with van der Waals surface area (Å²) in [5.41, 5.74) is 1.07. The van der Waals surface area contributed by atoms with E-state index in [0.717, 1.165) is 0 Å². The largest absolute Gasteiger partial charge is 0.343 e. The maximum absolute atomic E-state index is 13.6. The predicted octanol–water partition coefficient (Wildman–Crippen LogP) is 3.39. The number of aromatic amines is 1. The molecule has 16 heavy (non-hydrogen) atoms. The summed E-state index contributed by atoms with van der Waals surface area (Å²) in [4.78, 5) is 6.22. The van der Waals surface area contributed by atoms with Gasteiger partial charge in [0.1, 0.15) is 5.82 Å². The Hall–Kier alpha value is -1.62. The van der Waals surface area contributed by atoms with Gasteiger partial charge in [-0.15, -0.1) is 0 Å². The molecular formula is C11H8F2N2S. The normalized spacial score (nSPS) is 10.4. The van der Waals surface area contributed by atoms with Crippen molar-refractivity contribution in [2.24, 2.45) is 0 Å². The van der Waals surface area contributed by atoms with Gasteiger partial charge in [0.15, 0.2) is 10.5 Å². The maximum atomic E-state index is 13.6. The third kappa shape index (κ3) is 1.86. The first kappa shape index (κ1) is 10.9. The molecular weight excluding hydrogens is 230 g/mol.